The van der Waals surface area contributed by atoms with Crippen LogP contribution >= 0.6 is 11.6 Å². The number of amides is 2. The van der Waals surface area contributed by atoms with Crippen LogP contribution in [-0.2, 0) is 9.59 Å². The van der Waals surface area contributed by atoms with Gasteiger partial charge in [0.2, 0.25) is 0 Å². The highest BCUT2D eigenvalue weighted by molar-refractivity contribution is 6.31. The number of hydrogen-bond donors (Lipinski definition) is 1. The number of anilines is 1. The topological polar surface area (TPSA) is 67.9 Å². The van der Waals surface area contributed by atoms with Crippen LogP contribution in [0.2, 0.25) is 5.02 Å². The zero-order valence-electron chi connectivity index (χ0n) is 17.2. The summed E-state index contributed by atoms with van der Waals surface area (Å²) in [6.07, 6.45) is 2.29. The Morgan fingerprint density at radius 3 is 2.03 bits per heavy atom. The smallest absolute Gasteiger partial charge is 0.282 e. The number of ether oxygens (including phenoxy) is 2. The molecule has 0 radical (unpaired) electrons. The summed E-state index contributed by atoms with van der Waals surface area (Å²) >= 11 is 5.85. The van der Waals surface area contributed by atoms with Crippen molar-refractivity contribution < 1.29 is 19.1 Å². The number of nitrogens with one attached hydrogen (secondary N) is 1. The summed E-state index contributed by atoms with van der Waals surface area (Å²) in [5, 5.41) is 1.92. The van der Waals surface area contributed by atoms with Crippen molar-refractivity contribution in [3.8, 4) is 11.5 Å². The van der Waals surface area contributed by atoms with E-state index in [0.29, 0.717) is 29.7 Å². The molecule has 0 aromatic heterocycles. The molecule has 1 aliphatic heterocycles. The largest absolute Gasteiger partial charge is 0.493 e. The third-order valence-electron chi connectivity index (χ3n) is 4.74. The minimum atomic E-state index is -0.431. The Morgan fingerprint density at radius 1 is 0.812 bits per heavy atom. The van der Waals surface area contributed by atoms with Gasteiger partial charge in [-0.3, -0.25) is 15.0 Å². The maximum Gasteiger partial charge on any atom is 0.282 e. The Kier molecular flexibility index (Phi) is 6.72. The maximum atomic E-state index is 12.6. The third kappa shape index (κ3) is 5.28. The minimum absolute atomic E-state index is 0.0851. The van der Waals surface area contributed by atoms with Crippen molar-refractivity contribution in [1.29, 1.82) is 0 Å². The summed E-state index contributed by atoms with van der Waals surface area (Å²) < 4.78 is 11.4. The molecule has 1 saturated heterocycles. The van der Waals surface area contributed by atoms with E-state index in [1.54, 1.807) is 66.7 Å². The number of rotatable bonds is 8. The molecule has 0 bridgehead atoms. The van der Waals surface area contributed by atoms with Crippen molar-refractivity contribution in [2.45, 2.75) is 6.42 Å². The summed E-state index contributed by atoms with van der Waals surface area (Å²) in [6, 6.07) is 23.4. The van der Waals surface area contributed by atoms with Crippen LogP contribution in [0.3, 0.4) is 0 Å². The number of hydrogen-bond acceptors (Lipinski definition) is 4. The highest BCUT2D eigenvalue weighted by atomic mass is 35.5. The van der Waals surface area contributed by atoms with Crippen LogP contribution < -0.4 is 19.9 Å². The van der Waals surface area contributed by atoms with Crippen LogP contribution in [0.15, 0.2) is 84.4 Å². The first-order valence-electron chi connectivity index (χ1n) is 10.1. The molecule has 1 fully saturated rings. The fraction of sp³-hybridized carbons (Fsp3) is 0.120. The second kappa shape index (κ2) is 10.0. The van der Waals surface area contributed by atoms with Gasteiger partial charge in [-0.1, -0.05) is 41.9 Å². The quantitative estimate of drug-likeness (QED) is 0.309. The molecule has 1 aliphatic rings. The number of halogens is 1. The molecular formula is C25H21ClN2O4. The standard InChI is InChI=1S/C25H21ClN2O4/c26-19-9-13-22(14-10-19)32-16-4-15-31-21-11-7-18(8-12-21)17-23-24(29)27-28(25(23)30)20-5-2-1-3-6-20/h1-3,5-14,17H,4,15-16H2,(H,27,29)/b23-17+. The van der Waals surface area contributed by atoms with E-state index in [2.05, 4.69) is 5.43 Å². The number of para-hydroxylation sites is 1. The number of hydrazine groups is 1. The lowest BCUT2D eigenvalue weighted by molar-refractivity contribution is -0.117. The molecule has 0 atom stereocenters. The number of carbonyl (C=O) groups excluding carboxylic acids is 2. The van der Waals surface area contributed by atoms with E-state index < -0.39 is 5.91 Å². The molecule has 32 heavy (non-hydrogen) atoms. The van der Waals surface area contributed by atoms with Crippen molar-refractivity contribution in [1.82, 2.24) is 5.43 Å². The molecule has 3 aromatic carbocycles. The van der Waals surface area contributed by atoms with Gasteiger partial charge >= 0.3 is 0 Å². The number of benzene rings is 3. The predicted octanol–water partition coefficient (Wildman–Crippen LogP) is 4.65. The second-order valence-corrected chi connectivity index (χ2v) is 7.48. The fourth-order valence-electron chi connectivity index (χ4n) is 3.11. The normalized spacial score (nSPS) is 14.5. The highest BCUT2D eigenvalue weighted by Gasteiger charge is 2.34. The molecule has 4 rings (SSSR count). The molecule has 6 nitrogen and oxygen atoms in total. The molecule has 0 saturated carbocycles. The van der Waals surface area contributed by atoms with Gasteiger partial charge in [0.05, 0.1) is 18.9 Å². The average Bonchev–Trinajstić information content (AvgIpc) is 3.10. The van der Waals surface area contributed by atoms with E-state index in [0.717, 1.165) is 17.7 Å². The first-order valence-corrected chi connectivity index (χ1v) is 10.5. The van der Waals surface area contributed by atoms with E-state index in [4.69, 9.17) is 21.1 Å². The fourth-order valence-corrected chi connectivity index (χ4v) is 3.24. The first-order chi connectivity index (χ1) is 15.6. The van der Waals surface area contributed by atoms with Crippen LogP contribution in [0.1, 0.15) is 12.0 Å². The SMILES string of the molecule is O=C1NN(c2ccccc2)C(=O)/C1=C/c1ccc(OCCCOc2ccc(Cl)cc2)cc1. The molecule has 0 aliphatic carbocycles. The van der Waals surface area contributed by atoms with Crippen LogP contribution in [0.5, 0.6) is 11.5 Å². The second-order valence-electron chi connectivity index (χ2n) is 7.05. The Hall–Kier alpha value is -3.77. The van der Waals surface area contributed by atoms with E-state index in [1.165, 1.54) is 5.01 Å². The number of carbonyl (C=O) groups is 2. The molecule has 0 unspecified atom stereocenters. The van der Waals surface area contributed by atoms with Crippen LogP contribution in [0.4, 0.5) is 5.69 Å². The lowest BCUT2D eigenvalue weighted by atomic mass is 10.1. The van der Waals surface area contributed by atoms with Gasteiger partial charge in [-0.05, 0) is 60.2 Å². The summed E-state index contributed by atoms with van der Waals surface area (Å²) in [4.78, 5) is 24.9. The highest BCUT2D eigenvalue weighted by Crippen LogP contribution is 2.22. The van der Waals surface area contributed by atoms with Crippen LogP contribution in [0, 0.1) is 0 Å². The first kappa shape index (κ1) is 21.5. The summed E-state index contributed by atoms with van der Waals surface area (Å²) in [6.45, 7) is 1.03. The van der Waals surface area contributed by atoms with E-state index in [1.807, 2.05) is 18.2 Å². The van der Waals surface area contributed by atoms with Gasteiger partial charge in [-0.15, -0.1) is 0 Å². The van der Waals surface area contributed by atoms with E-state index >= 15 is 0 Å². The van der Waals surface area contributed by atoms with Crippen molar-refractivity contribution in [3.05, 3.63) is 95.0 Å². The van der Waals surface area contributed by atoms with Crippen LogP contribution in [-0.4, -0.2) is 25.0 Å². The van der Waals surface area contributed by atoms with Gasteiger partial charge in [-0.25, -0.2) is 5.01 Å². The van der Waals surface area contributed by atoms with E-state index in [9.17, 15) is 9.59 Å². The van der Waals surface area contributed by atoms with Gasteiger partial charge in [0, 0.05) is 11.4 Å². The minimum Gasteiger partial charge on any atom is -0.493 e. The van der Waals surface area contributed by atoms with Gasteiger partial charge in [0.1, 0.15) is 17.1 Å². The van der Waals surface area contributed by atoms with Crippen molar-refractivity contribution >= 4 is 35.2 Å². The maximum absolute atomic E-state index is 12.6. The lowest BCUT2D eigenvalue weighted by Crippen LogP contribution is -2.35. The summed E-state index contributed by atoms with van der Waals surface area (Å²) in [5.74, 6) is 0.650. The molecule has 1 heterocycles. The molecule has 1 N–H and O–H groups in total. The predicted molar refractivity (Wildman–Crippen MR) is 124 cm³/mol. The van der Waals surface area contributed by atoms with Crippen molar-refractivity contribution in [3.63, 3.8) is 0 Å². The van der Waals surface area contributed by atoms with E-state index in [-0.39, 0.29) is 11.5 Å². The Balaban J connectivity index is 1.28. The molecule has 162 valence electrons. The summed E-state index contributed by atoms with van der Waals surface area (Å²) in [5.41, 5.74) is 4.02. The van der Waals surface area contributed by atoms with Crippen molar-refractivity contribution in [2.24, 2.45) is 0 Å². The molecule has 3 aromatic rings. The van der Waals surface area contributed by atoms with Gasteiger partial charge in [0.15, 0.2) is 0 Å². The zero-order valence-corrected chi connectivity index (χ0v) is 17.9. The molecule has 7 heteroatoms. The number of nitrogens with zero attached hydrogens (tertiary/aromatic N) is 1. The monoisotopic (exact) mass is 448 g/mol. The van der Waals surface area contributed by atoms with Gasteiger partial charge < -0.3 is 9.47 Å². The van der Waals surface area contributed by atoms with Crippen LogP contribution in [0.25, 0.3) is 6.08 Å². The van der Waals surface area contributed by atoms with Gasteiger partial charge in [0.25, 0.3) is 11.8 Å². The van der Waals surface area contributed by atoms with Gasteiger partial charge in [-0.2, -0.15) is 0 Å². The average molecular weight is 449 g/mol. The zero-order chi connectivity index (χ0) is 22.3. The Labute approximate surface area is 191 Å². The lowest BCUT2D eigenvalue weighted by Gasteiger charge is -2.13. The molecule has 2 amide bonds. The molecular weight excluding hydrogens is 428 g/mol. The third-order valence-corrected chi connectivity index (χ3v) is 4.99. The Morgan fingerprint density at radius 2 is 1.41 bits per heavy atom. The summed E-state index contributed by atoms with van der Waals surface area (Å²) in [7, 11) is 0. The van der Waals surface area contributed by atoms with Crippen molar-refractivity contribution in [2.75, 3.05) is 18.2 Å². The molecule has 0 spiro atoms. The Bertz CT molecular complexity index is 1110.